The minimum Gasteiger partial charge on any atom is -0.462 e. The van der Waals surface area contributed by atoms with Crippen molar-refractivity contribution in [3.05, 3.63) is 58.5 Å². The van der Waals surface area contributed by atoms with Gasteiger partial charge in [-0.05, 0) is 44.5 Å². The minimum atomic E-state index is -0.536. The zero-order valence-corrected chi connectivity index (χ0v) is 16.6. The topological polar surface area (TPSA) is 92.1 Å². The molecule has 0 unspecified atom stereocenters. The lowest BCUT2D eigenvalue weighted by Gasteiger charge is -2.14. The SMILES string of the molecule is CCOC(=O)c1cc(C#N)c(S[C@@H](C)C(=O)NCc2ccc(F)cc2)nc1C. The van der Waals surface area contributed by atoms with E-state index in [0.29, 0.717) is 10.7 Å². The Kier molecular flexibility index (Phi) is 7.52. The second-order valence-corrected chi connectivity index (χ2v) is 7.24. The smallest absolute Gasteiger partial charge is 0.340 e. The number of benzene rings is 1. The molecule has 1 N–H and O–H groups in total. The lowest BCUT2D eigenvalue weighted by Crippen LogP contribution is -2.30. The van der Waals surface area contributed by atoms with Gasteiger partial charge >= 0.3 is 5.97 Å². The Morgan fingerprint density at radius 1 is 1.36 bits per heavy atom. The highest BCUT2D eigenvalue weighted by atomic mass is 32.2. The van der Waals surface area contributed by atoms with E-state index in [1.165, 1.54) is 18.2 Å². The number of aromatic nitrogens is 1. The number of nitrogens with one attached hydrogen (secondary N) is 1. The van der Waals surface area contributed by atoms with Gasteiger partial charge in [-0.15, -0.1) is 0 Å². The van der Waals surface area contributed by atoms with E-state index in [0.717, 1.165) is 17.3 Å². The summed E-state index contributed by atoms with van der Waals surface area (Å²) in [5.74, 6) is -1.12. The molecule has 1 aromatic carbocycles. The Labute approximate surface area is 167 Å². The molecule has 8 heteroatoms. The molecule has 2 aromatic rings. The molecule has 1 amide bonds. The van der Waals surface area contributed by atoms with Crippen molar-refractivity contribution < 1.29 is 18.7 Å². The first-order chi connectivity index (χ1) is 13.3. The highest BCUT2D eigenvalue weighted by Crippen LogP contribution is 2.27. The van der Waals surface area contributed by atoms with Crippen LogP contribution in [0, 0.1) is 24.1 Å². The van der Waals surface area contributed by atoms with Crippen LogP contribution < -0.4 is 5.32 Å². The van der Waals surface area contributed by atoms with Crippen molar-refractivity contribution in [1.29, 1.82) is 5.26 Å². The van der Waals surface area contributed by atoms with Gasteiger partial charge in [0, 0.05) is 6.54 Å². The lowest BCUT2D eigenvalue weighted by atomic mass is 10.1. The zero-order chi connectivity index (χ0) is 20.7. The van der Waals surface area contributed by atoms with Gasteiger partial charge in [-0.1, -0.05) is 23.9 Å². The van der Waals surface area contributed by atoms with Crippen LogP contribution in [0.15, 0.2) is 35.4 Å². The van der Waals surface area contributed by atoms with Gasteiger partial charge in [0.1, 0.15) is 16.9 Å². The van der Waals surface area contributed by atoms with Crippen LogP contribution >= 0.6 is 11.8 Å². The molecule has 146 valence electrons. The number of ether oxygens (including phenoxy) is 1. The fraction of sp³-hybridized carbons (Fsp3) is 0.300. The van der Waals surface area contributed by atoms with Crippen molar-refractivity contribution in [2.45, 2.75) is 37.6 Å². The predicted octanol–water partition coefficient (Wildman–Crippen LogP) is 3.37. The first kappa shape index (κ1) is 21.4. The molecule has 2 rings (SSSR count). The van der Waals surface area contributed by atoms with Crippen molar-refractivity contribution >= 4 is 23.6 Å². The molecule has 28 heavy (non-hydrogen) atoms. The molecule has 1 heterocycles. The Morgan fingerprint density at radius 2 is 2.04 bits per heavy atom. The Balaban J connectivity index is 2.07. The van der Waals surface area contributed by atoms with E-state index in [9.17, 15) is 19.2 Å². The highest BCUT2D eigenvalue weighted by Gasteiger charge is 2.20. The number of esters is 1. The number of hydrogen-bond donors (Lipinski definition) is 1. The maximum absolute atomic E-state index is 12.9. The van der Waals surface area contributed by atoms with E-state index in [1.54, 1.807) is 32.9 Å². The summed E-state index contributed by atoms with van der Waals surface area (Å²) < 4.78 is 17.9. The summed E-state index contributed by atoms with van der Waals surface area (Å²) in [4.78, 5) is 28.6. The van der Waals surface area contributed by atoms with E-state index in [1.807, 2.05) is 6.07 Å². The van der Waals surface area contributed by atoms with Gasteiger partial charge in [0.25, 0.3) is 0 Å². The van der Waals surface area contributed by atoms with Gasteiger partial charge in [-0.3, -0.25) is 4.79 Å². The van der Waals surface area contributed by atoms with Crippen LogP contribution in [-0.4, -0.2) is 28.7 Å². The molecule has 0 radical (unpaired) electrons. The number of carbonyl (C=O) groups excluding carboxylic acids is 2. The molecule has 0 aliphatic carbocycles. The molecular weight excluding hydrogens is 381 g/mol. The summed E-state index contributed by atoms with van der Waals surface area (Å²) in [6.07, 6.45) is 0. The van der Waals surface area contributed by atoms with Crippen molar-refractivity contribution in [2.75, 3.05) is 6.61 Å². The van der Waals surface area contributed by atoms with Crippen LogP contribution in [0.25, 0.3) is 0 Å². The van der Waals surface area contributed by atoms with Crippen LogP contribution in [0.1, 0.15) is 41.0 Å². The van der Waals surface area contributed by atoms with Crippen molar-refractivity contribution in [2.24, 2.45) is 0 Å². The summed E-state index contributed by atoms with van der Waals surface area (Å²) in [6.45, 7) is 5.53. The van der Waals surface area contributed by atoms with Gasteiger partial charge in [-0.2, -0.15) is 5.26 Å². The number of nitriles is 1. The molecule has 0 saturated heterocycles. The minimum absolute atomic E-state index is 0.205. The van der Waals surface area contributed by atoms with Crippen LogP contribution in [0.4, 0.5) is 4.39 Å². The summed E-state index contributed by atoms with van der Waals surface area (Å²) in [5.41, 5.74) is 1.64. The van der Waals surface area contributed by atoms with Crippen LogP contribution in [0.2, 0.25) is 0 Å². The van der Waals surface area contributed by atoms with Crippen LogP contribution in [0.3, 0.4) is 0 Å². The highest BCUT2D eigenvalue weighted by molar-refractivity contribution is 8.00. The number of thioether (sulfide) groups is 1. The second kappa shape index (κ2) is 9.85. The number of hydrogen-bond acceptors (Lipinski definition) is 6. The number of rotatable bonds is 7. The molecule has 0 bridgehead atoms. The monoisotopic (exact) mass is 401 g/mol. The van der Waals surface area contributed by atoms with E-state index in [-0.39, 0.29) is 36.0 Å². The molecule has 0 aliphatic heterocycles. The van der Waals surface area contributed by atoms with Crippen molar-refractivity contribution in [3.63, 3.8) is 0 Å². The maximum atomic E-state index is 12.9. The number of nitrogens with zero attached hydrogens (tertiary/aromatic N) is 2. The Morgan fingerprint density at radius 3 is 2.64 bits per heavy atom. The molecule has 0 spiro atoms. The third kappa shape index (κ3) is 5.54. The van der Waals surface area contributed by atoms with Crippen molar-refractivity contribution in [3.8, 4) is 6.07 Å². The molecule has 6 nitrogen and oxygen atoms in total. The average Bonchev–Trinajstić information content (AvgIpc) is 2.67. The largest absolute Gasteiger partial charge is 0.462 e. The second-order valence-electron chi connectivity index (χ2n) is 5.91. The molecule has 1 atom stereocenters. The van der Waals surface area contributed by atoms with Gasteiger partial charge in [0.2, 0.25) is 5.91 Å². The normalized spacial score (nSPS) is 11.4. The predicted molar refractivity (Wildman–Crippen MR) is 103 cm³/mol. The lowest BCUT2D eigenvalue weighted by molar-refractivity contribution is -0.120. The number of aryl methyl sites for hydroxylation is 1. The van der Waals surface area contributed by atoms with E-state index < -0.39 is 11.2 Å². The molecule has 0 aliphatic rings. The molecule has 0 fully saturated rings. The molecule has 0 saturated carbocycles. The average molecular weight is 401 g/mol. The number of amides is 1. The fourth-order valence-electron chi connectivity index (χ4n) is 2.32. The summed E-state index contributed by atoms with van der Waals surface area (Å²) in [7, 11) is 0. The summed E-state index contributed by atoms with van der Waals surface area (Å²) in [6, 6.07) is 9.30. The van der Waals surface area contributed by atoms with E-state index in [2.05, 4.69) is 10.3 Å². The first-order valence-corrected chi connectivity index (χ1v) is 9.51. The summed E-state index contributed by atoms with van der Waals surface area (Å²) >= 11 is 1.13. The number of carbonyl (C=O) groups is 2. The van der Waals surface area contributed by atoms with Crippen molar-refractivity contribution in [1.82, 2.24) is 10.3 Å². The van der Waals surface area contributed by atoms with E-state index in [4.69, 9.17) is 4.74 Å². The Hall–Kier alpha value is -2.92. The zero-order valence-electron chi connectivity index (χ0n) is 15.8. The Bertz CT molecular complexity index is 910. The van der Waals surface area contributed by atoms with Gasteiger partial charge in [-0.25, -0.2) is 14.2 Å². The third-order valence-corrected chi connectivity index (χ3v) is 4.93. The van der Waals surface area contributed by atoms with Crippen LogP contribution in [-0.2, 0) is 16.1 Å². The van der Waals surface area contributed by atoms with Gasteiger partial charge in [0.15, 0.2) is 0 Å². The number of pyridine rings is 1. The van der Waals surface area contributed by atoms with Gasteiger partial charge < -0.3 is 10.1 Å². The van der Waals surface area contributed by atoms with Gasteiger partial charge in [0.05, 0.1) is 28.7 Å². The molecular formula is C20H20FN3O3S. The standard InChI is InChI=1S/C20H20FN3O3S/c1-4-27-20(26)17-9-15(10-22)19(24-12(17)2)28-13(3)18(25)23-11-14-5-7-16(21)8-6-14/h5-9,13H,4,11H2,1-3H3,(H,23,25)/t13-/m0/s1. The maximum Gasteiger partial charge on any atom is 0.340 e. The quantitative estimate of drug-likeness (QED) is 0.565. The number of halogens is 1. The fourth-order valence-corrected chi connectivity index (χ4v) is 3.27. The van der Waals surface area contributed by atoms with E-state index >= 15 is 0 Å². The first-order valence-electron chi connectivity index (χ1n) is 8.63. The van der Waals surface area contributed by atoms with Crippen LogP contribution in [0.5, 0.6) is 0 Å². The summed E-state index contributed by atoms with van der Waals surface area (Å²) in [5, 5.41) is 12.0. The molecule has 1 aromatic heterocycles. The third-order valence-electron chi connectivity index (χ3n) is 3.83.